The van der Waals surface area contributed by atoms with Crippen LogP contribution in [0.1, 0.15) is 46.5 Å². The molecule has 1 fully saturated rings. The lowest BCUT2D eigenvalue weighted by Gasteiger charge is -2.22. The van der Waals surface area contributed by atoms with Crippen LogP contribution in [0, 0.1) is 11.3 Å². The van der Waals surface area contributed by atoms with Crippen molar-refractivity contribution in [2.75, 3.05) is 13.4 Å². The van der Waals surface area contributed by atoms with E-state index < -0.39 is 5.97 Å². The molecule has 0 heterocycles. The standard InChI is InChI=1S/C13H24O4/c1-4-13(2,3)6-5-7-16-9-17-11-8-10(11)12(14)15/h10-11H,4-9H2,1-3H3,(H,14,15). The Bertz CT molecular complexity index is 250. The molecule has 0 aliphatic heterocycles. The van der Waals surface area contributed by atoms with Gasteiger partial charge >= 0.3 is 5.97 Å². The first-order valence-corrected chi connectivity index (χ1v) is 6.38. The van der Waals surface area contributed by atoms with Crippen LogP contribution in [-0.2, 0) is 14.3 Å². The molecule has 0 amide bonds. The fourth-order valence-corrected chi connectivity index (χ4v) is 1.64. The Morgan fingerprint density at radius 2 is 2.18 bits per heavy atom. The average molecular weight is 244 g/mol. The average Bonchev–Trinajstić information content (AvgIpc) is 3.03. The van der Waals surface area contributed by atoms with Gasteiger partial charge in [0.05, 0.1) is 12.0 Å². The highest BCUT2D eigenvalue weighted by molar-refractivity contribution is 5.74. The third kappa shape index (κ3) is 5.50. The summed E-state index contributed by atoms with van der Waals surface area (Å²) in [6, 6.07) is 0. The number of carboxylic acid groups (broad SMARTS) is 1. The zero-order chi connectivity index (χ0) is 12.9. The molecule has 17 heavy (non-hydrogen) atoms. The molecule has 4 heteroatoms. The van der Waals surface area contributed by atoms with Crippen molar-refractivity contribution in [1.29, 1.82) is 0 Å². The molecule has 0 aromatic carbocycles. The first-order chi connectivity index (χ1) is 7.96. The molecular formula is C13H24O4. The van der Waals surface area contributed by atoms with Gasteiger partial charge in [0.25, 0.3) is 0 Å². The highest BCUT2D eigenvalue weighted by atomic mass is 16.7. The fourth-order valence-electron chi connectivity index (χ4n) is 1.64. The van der Waals surface area contributed by atoms with Crippen LogP contribution in [0.4, 0.5) is 0 Å². The summed E-state index contributed by atoms with van der Waals surface area (Å²) in [5, 5.41) is 8.66. The van der Waals surface area contributed by atoms with Crippen molar-refractivity contribution in [1.82, 2.24) is 0 Å². The summed E-state index contributed by atoms with van der Waals surface area (Å²) in [7, 11) is 0. The second-order valence-corrected chi connectivity index (χ2v) is 5.53. The Balaban J connectivity index is 1.91. The molecule has 0 saturated heterocycles. The number of hydrogen-bond acceptors (Lipinski definition) is 3. The van der Waals surface area contributed by atoms with Gasteiger partial charge in [0.1, 0.15) is 6.79 Å². The molecule has 4 nitrogen and oxygen atoms in total. The van der Waals surface area contributed by atoms with Gasteiger partial charge < -0.3 is 14.6 Å². The molecule has 1 N–H and O–H groups in total. The van der Waals surface area contributed by atoms with Crippen molar-refractivity contribution in [3.8, 4) is 0 Å². The van der Waals surface area contributed by atoms with E-state index in [0.717, 1.165) is 12.8 Å². The van der Waals surface area contributed by atoms with Gasteiger partial charge in [0.2, 0.25) is 0 Å². The van der Waals surface area contributed by atoms with Gasteiger partial charge in [-0.3, -0.25) is 4.79 Å². The smallest absolute Gasteiger partial charge is 0.309 e. The fraction of sp³-hybridized carbons (Fsp3) is 0.923. The molecule has 1 aliphatic carbocycles. The topological polar surface area (TPSA) is 55.8 Å². The van der Waals surface area contributed by atoms with Crippen LogP contribution in [0.15, 0.2) is 0 Å². The molecule has 0 bridgehead atoms. The van der Waals surface area contributed by atoms with E-state index in [1.807, 2.05) is 0 Å². The van der Waals surface area contributed by atoms with Gasteiger partial charge in [-0.25, -0.2) is 0 Å². The molecule has 0 spiro atoms. The zero-order valence-electron chi connectivity index (χ0n) is 11.1. The maximum atomic E-state index is 10.5. The van der Waals surface area contributed by atoms with Gasteiger partial charge in [-0.05, 0) is 24.7 Å². The minimum atomic E-state index is -0.764. The van der Waals surface area contributed by atoms with Crippen LogP contribution in [0.3, 0.4) is 0 Å². The first-order valence-electron chi connectivity index (χ1n) is 6.38. The molecule has 1 aliphatic rings. The van der Waals surface area contributed by atoms with E-state index in [4.69, 9.17) is 14.6 Å². The molecule has 0 aromatic heterocycles. The molecule has 0 aromatic rings. The molecular weight excluding hydrogens is 220 g/mol. The highest BCUT2D eigenvalue weighted by Gasteiger charge is 2.44. The summed E-state index contributed by atoms with van der Waals surface area (Å²) in [6.45, 7) is 7.62. The van der Waals surface area contributed by atoms with Gasteiger partial charge in [-0.1, -0.05) is 27.2 Å². The third-order valence-electron chi connectivity index (χ3n) is 3.51. The lowest BCUT2D eigenvalue weighted by molar-refractivity contribution is -0.140. The number of aliphatic carboxylic acids is 1. The van der Waals surface area contributed by atoms with E-state index in [9.17, 15) is 4.79 Å². The summed E-state index contributed by atoms with van der Waals surface area (Å²) in [4.78, 5) is 10.5. The number of carboxylic acids is 1. The van der Waals surface area contributed by atoms with Crippen LogP contribution in [0.2, 0.25) is 0 Å². The second kappa shape index (κ2) is 6.36. The molecule has 2 atom stereocenters. The molecule has 1 rings (SSSR count). The molecule has 100 valence electrons. The molecule has 1 saturated carbocycles. The van der Waals surface area contributed by atoms with Gasteiger partial charge in [0.15, 0.2) is 0 Å². The minimum Gasteiger partial charge on any atom is -0.481 e. The molecule has 0 radical (unpaired) electrons. The Kier molecular flexibility index (Phi) is 5.40. The van der Waals surface area contributed by atoms with E-state index in [-0.39, 0.29) is 18.8 Å². The van der Waals surface area contributed by atoms with Crippen LogP contribution in [-0.4, -0.2) is 30.6 Å². The number of carbonyl (C=O) groups is 1. The predicted molar refractivity (Wildman–Crippen MR) is 64.7 cm³/mol. The second-order valence-electron chi connectivity index (χ2n) is 5.53. The van der Waals surface area contributed by atoms with Crippen molar-refractivity contribution in [3.63, 3.8) is 0 Å². The summed E-state index contributed by atoms with van der Waals surface area (Å²) in [6.07, 6.45) is 3.84. The van der Waals surface area contributed by atoms with Gasteiger partial charge in [-0.2, -0.15) is 0 Å². The Morgan fingerprint density at radius 3 is 2.71 bits per heavy atom. The monoisotopic (exact) mass is 244 g/mol. The Hall–Kier alpha value is -0.610. The molecule has 2 unspecified atom stereocenters. The van der Waals surface area contributed by atoms with Crippen LogP contribution < -0.4 is 0 Å². The highest BCUT2D eigenvalue weighted by Crippen LogP contribution is 2.33. The van der Waals surface area contributed by atoms with E-state index in [1.165, 1.54) is 6.42 Å². The van der Waals surface area contributed by atoms with E-state index >= 15 is 0 Å². The van der Waals surface area contributed by atoms with Crippen LogP contribution in [0.25, 0.3) is 0 Å². The normalized spacial score (nSPS) is 23.7. The van der Waals surface area contributed by atoms with Crippen molar-refractivity contribution < 1.29 is 19.4 Å². The van der Waals surface area contributed by atoms with Crippen molar-refractivity contribution in [2.45, 2.75) is 52.6 Å². The SMILES string of the molecule is CCC(C)(C)CCCOCOC1CC1C(=O)O. The van der Waals surface area contributed by atoms with Crippen LogP contribution in [0.5, 0.6) is 0 Å². The summed E-state index contributed by atoms with van der Waals surface area (Å²) in [5.41, 5.74) is 0.384. The number of hydrogen-bond donors (Lipinski definition) is 1. The Morgan fingerprint density at radius 1 is 1.47 bits per heavy atom. The Labute approximate surface area is 103 Å². The summed E-state index contributed by atoms with van der Waals surface area (Å²) < 4.78 is 10.6. The zero-order valence-corrected chi connectivity index (χ0v) is 11.1. The van der Waals surface area contributed by atoms with E-state index in [1.54, 1.807) is 0 Å². The maximum absolute atomic E-state index is 10.5. The maximum Gasteiger partial charge on any atom is 0.309 e. The summed E-state index contributed by atoms with van der Waals surface area (Å²) in [5.74, 6) is -1.07. The lowest BCUT2D eigenvalue weighted by Crippen LogP contribution is -2.12. The van der Waals surface area contributed by atoms with E-state index in [0.29, 0.717) is 18.4 Å². The predicted octanol–water partition coefficient (Wildman–Crippen LogP) is 2.67. The van der Waals surface area contributed by atoms with Crippen LogP contribution >= 0.6 is 0 Å². The first kappa shape index (κ1) is 14.5. The van der Waals surface area contributed by atoms with Crippen molar-refractivity contribution >= 4 is 5.97 Å². The van der Waals surface area contributed by atoms with Gasteiger partial charge in [0, 0.05) is 6.61 Å². The van der Waals surface area contributed by atoms with Crippen molar-refractivity contribution in [2.24, 2.45) is 11.3 Å². The minimum absolute atomic E-state index is 0.125. The quantitative estimate of drug-likeness (QED) is 0.500. The third-order valence-corrected chi connectivity index (χ3v) is 3.51. The summed E-state index contributed by atoms with van der Waals surface area (Å²) >= 11 is 0. The lowest BCUT2D eigenvalue weighted by atomic mass is 9.85. The number of ether oxygens (including phenoxy) is 2. The largest absolute Gasteiger partial charge is 0.481 e. The number of rotatable bonds is 9. The van der Waals surface area contributed by atoms with Gasteiger partial charge in [-0.15, -0.1) is 0 Å². The van der Waals surface area contributed by atoms with Crippen molar-refractivity contribution in [3.05, 3.63) is 0 Å². The van der Waals surface area contributed by atoms with E-state index in [2.05, 4.69) is 20.8 Å².